The highest BCUT2D eigenvalue weighted by atomic mass is 16.4. The summed E-state index contributed by atoms with van der Waals surface area (Å²) in [5.41, 5.74) is -0.831. The predicted octanol–water partition coefficient (Wildman–Crippen LogP) is 2.85. The number of amides is 1. The van der Waals surface area contributed by atoms with Crippen LogP contribution < -0.4 is 5.32 Å². The van der Waals surface area contributed by atoms with Gasteiger partial charge in [-0.3, -0.25) is 9.59 Å². The lowest BCUT2D eigenvalue weighted by Gasteiger charge is -2.35. The Hall–Kier alpha value is -1.78. The van der Waals surface area contributed by atoms with Gasteiger partial charge in [0.05, 0.1) is 5.41 Å². The molecule has 1 aromatic heterocycles. The fourth-order valence-electron chi connectivity index (χ4n) is 2.81. The second kappa shape index (κ2) is 6.33. The average molecular weight is 293 g/mol. The van der Waals surface area contributed by atoms with Crippen molar-refractivity contribution >= 4 is 11.9 Å². The molecule has 1 heterocycles. The van der Waals surface area contributed by atoms with Crippen LogP contribution in [0.2, 0.25) is 0 Å². The minimum atomic E-state index is -0.831. The van der Waals surface area contributed by atoms with Crippen LogP contribution in [0.15, 0.2) is 16.5 Å². The monoisotopic (exact) mass is 293 g/mol. The SMILES string of the molecule is CCc1ccc(C(=O)NCC2(C(=O)O)CCC(C)CC2)o1. The number of carboxylic acid groups (broad SMARTS) is 1. The third-order valence-corrected chi connectivity index (χ3v) is 4.51. The standard InChI is InChI=1S/C16H23NO4/c1-3-12-4-5-13(21-12)14(18)17-10-16(15(19)20)8-6-11(2)7-9-16/h4-5,11H,3,6-10H2,1-2H3,(H,17,18)(H,19,20). The maximum absolute atomic E-state index is 12.0. The molecule has 0 aromatic carbocycles. The van der Waals surface area contributed by atoms with Crippen LogP contribution in [0.1, 0.15) is 55.8 Å². The Balaban J connectivity index is 1.99. The molecule has 116 valence electrons. The van der Waals surface area contributed by atoms with Crippen molar-refractivity contribution in [2.75, 3.05) is 6.54 Å². The molecule has 0 radical (unpaired) electrons. The van der Waals surface area contributed by atoms with Crippen molar-refractivity contribution < 1.29 is 19.1 Å². The van der Waals surface area contributed by atoms with Crippen LogP contribution in [-0.4, -0.2) is 23.5 Å². The number of carbonyl (C=O) groups excluding carboxylic acids is 1. The summed E-state index contributed by atoms with van der Waals surface area (Å²) in [5.74, 6) is 0.402. The first-order valence-electron chi connectivity index (χ1n) is 7.57. The van der Waals surface area contributed by atoms with E-state index >= 15 is 0 Å². The molecule has 5 nitrogen and oxygen atoms in total. The molecule has 1 aliphatic rings. The van der Waals surface area contributed by atoms with Crippen molar-refractivity contribution in [1.82, 2.24) is 5.32 Å². The fourth-order valence-corrected chi connectivity index (χ4v) is 2.81. The lowest BCUT2D eigenvalue weighted by Crippen LogP contribution is -2.45. The van der Waals surface area contributed by atoms with Gasteiger partial charge in [-0.2, -0.15) is 0 Å². The van der Waals surface area contributed by atoms with E-state index in [0.29, 0.717) is 18.8 Å². The molecule has 21 heavy (non-hydrogen) atoms. The smallest absolute Gasteiger partial charge is 0.311 e. The quantitative estimate of drug-likeness (QED) is 0.875. The van der Waals surface area contributed by atoms with Crippen LogP contribution in [0.25, 0.3) is 0 Å². The Kier molecular flexibility index (Phi) is 4.70. The minimum absolute atomic E-state index is 0.163. The largest absolute Gasteiger partial charge is 0.481 e. The maximum atomic E-state index is 12.0. The molecular weight excluding hydrogens is 270 g/mol. The lowest BCUT2D eigenvalue weighted by atomic mass is 9.71. The molecular formula is C16H23NO4. The van der Waals surface area contributed by atoms with Crippen molar-refractivity contribution in [2.24, 2.45) is 11.3 Å². The van der Waals surface area contributed by atoms with E-state index in [4.69, 9.17) is 4.42 Å². The molecule has 0 unspecified atom stereocenters. The Labute approximate surface area is 124 Å². The number of rotatable bonds is 5. The number of aryl methyl sites for hydroxylation is 1. The van der Waals surface area contributed by atoms with Gasteiger partial charge in [0.2, 0.25) is 0 Å². The zero-order valence-electron chi connectivity index (χ0n) is 12.6. The van der Waals surface area contributed by atoms with Gasteiger partial charge >= 0.3 is 5.97 Å². The summed E-state index contributed by atoms with van der Waals surface area (Å²) in [6.45, 7) is 4.25. The number of hydrogen-bond donors (Lipinski definition) is 2. The van der Waals surface area contributed by atoms with E-state index in [2.05, 4.69) is 12.2 Å². The maximum Gasteiger partial charge on any atom is 0.311 e. The lowest BCUT2D eigenvalue weighted by molar-refractivity contribution is -0.151. The Morgan fingerprint density at radius 2 is 2.05 bits per heavy atom. The van der Waals surface area contributed by atoms with Gasteiger partial charge < -0.3 is 14.8 Å². The zero-order chi connectivity index (χ0) is 15.5. The molecule has 0 atom stereocenters. The molecule has 0 aliphatic heterocycles. The Morgan fingerprint density at radius 1 is 1.38 bits per heavy atom. The van der Waals surface area contributed by atoms with Crippen LogP contribution >= 0.6 is 0 Å². The van der Waals surface area contributed by atoms with Gasteiger partial charge in [-0.05, 0) is 43.7 Å². The fraction of sp³-hybridized carbons (Fsp3) is 0.625. The summed E-state index contributed by atoms with van der Waals surface area (Å²) in [7, 11) is 0. The summed E-state index contributed by atoms with van der Waals surface area (Å²) < 4.78 is 5.39. The van der Waals surface area contributed by atoms with Gasteiger partial charge in [0.25, 0.3) is 5.91 Å². The number of carboxylic acids is 1. The van der Waals surface area contributed by atoms with Crippen LogP contribution in [0, 0.1) is 11.3 Å². The first-order valence-corrected chi connectivity index (χ1v) is 7.57. The van der Waals surface area contributed by atoms with E-state index in [1.54, 1.807) is 12.1 Å². The van der Waals surface area contributed by atoms with Gasteiger partial charge in [0.15, 0.2) is 5.76 Å². The second-order valence-corrected chi connectivity index (χ2v) is 6.07. The summed E-state index contributed by atoms with van der Waals surface area (Å²) in [5, 5.41) is 12.3. The normalized spacial score (nSPS) is 25.5. The third-order valence-electron chi connectivity index (χ3n) is 4.51. The van der Waals surface area contributed by atoms with Crippen molar-refractivity contribution in [3.8, 4) is 0 Å². The van der Waals surface area contributed by atoms with Gasteiger partial charge in [-0.15, -0.1) is 0 Å². The highest BCUT2D eigenvalue weighted by molar-refractivity contribution is 5.92. The molecule has 1 amide bonds. The van der Waals surface area contributed by atoms with Crippen LogP contribution in [0.3, 0.4) is 0 Å². The van der Waals surface area contributed by atoms with Crippen LogP contribution in [0.4, 0.5) is 0 Å². The van der Waals surface area contributed by atoms with E-state index in [1.165, 1.54) is 0 Å². The summed E-state index contributed by atoms with van der Waals surface area (Å²) in [6, 6.07) is 3.40. The van der Waals surface area contributed by atoms with Gasteiger partial charge in [-0.25, -0.2) is 0 Å². The first-order chi connectivity index (χ1) is 9.97. The second-order valence-electron chi connectivity index (χ2n) is 6.07. The topological polar surface area (TPSA) is 79.5 Å². The van der Waals surface area contributed by atoms with E-state index in [-0.39, 0.29) is 18.2 Å². The van der Waals surface area contributed by atoms with E-state index in [0.717, 1.165) is 25.0 Å². The number of aliphatic carboxylic acids is 1. The molecule has 0 spiro atoms. The molecule has 1 aliphatic carbocycles. The van der Waals surface area contributed by atoms with Crippen LogP contribution in [0.5, 0.6) is 0 Å². The molecule has 2 rings (SSSR count). The summed E-state index contributed by atoms with van der Waals surface area (Å²) in [4.78, 5) is 23.7. The summed E-state index contributed by atoms with van der Waals surface area (Å²) >= 11 is 0. The number of furan rings is 1. The Morgan fingerprint density at radius 3 is 2.57 bits per heavy atom. The number of hydrogen-bond acceptors (Lipinski definition) is 3. The van der Waals surface area contributed by atoms with Gasteiger partial charge in [-0.1, -0.05) is 13.8 Å². The predicted molar refractivity (Wildman–Crippen MR) is 78.1 cm³/mol. The highest BCUT2D eigenvalue weighted by Crippen LogP contribution is 2.38. The van der Waals surface area contributed by atoms with Crippen molar-refractivity contribution in [2.45, 2.75) is 46.0 Å². The summed E-state index contributed by atoms with van der Waals surface area (Å²) in [6.07, 6.45) is 3.74. The minimum Gasteiger partial charge on any atom is -0.481 e. The van der Waals surface area contributed by atoms with Crippen molar-refractivity contribution in [3.63, 3.8) is 0 Å². The highest BCUT2D eigenvalue weighted by Gasteiger charge is 2.41. The van der Waals surface area contributed by atoms with Gasteiger partial charge in [0, 0.05) is 13.0 Å². The van der Waals surface area contributed by atoms with E-state index in [1.807, 2.05) is 6.92 Å². The number of carbonyl (C=O) groups is 2. The molecule has 5 heteroatoms. The van der Waals surface area contributed by atoms with Crippen molar-refractivity contribution in [1.29, 1.82) is 0 Å². The van der Waals surface area contributed by atoms with E-state index in [9.17, 15) is 14.7 Å². The van der Waals surface area contributed by atoms with Gasteiger partial charge in [0.1, 0.15) is 5.76 Å². The third kappa shape index (κ3) is 3.46. The molecule has 0 bridgehead atoms. The zero-order valence-corrected chi connectivity index (χ0v) is 12.6. The Bertz CT molecular complexity index is 512. The molecule has 0 saturated heterocycles. The molecule has 1 fully saturated rings. The first kappa shape index (κ1) is 15.6. The number of nitrogens with one attached hydrogen (secondary N) is 1. The molecule has 2 N–H and O–H groups in total. The van der Waals surface area contributed by atoms with Crippen LogP contribution in [-0.2, 0) is 11.2 Å². The average Bonchev–Trinajstić information content (AvgIpc) is 2.95. The molecule has 1 aromatic rings. The van der Waals surface area contributed by atoms with E-state index < -0.39 is 11.4 Å². The molecule has 1 saturated carbocycles. The van der Waals surface area contributed by atoms with Crippen molar-refractivity contribution in [3.05, 3.63) is 23.7 Å².